The van der Waals surface area contributed by atoms with Gasteiger partial charge in [-0.25, -0.2) is 38.9 Å². The molecule has 0 heterocycles. The molecular weight excluding hydrogens is 741 g/mol. The lowest BCUT2D eigenvalue weighted by molar-refractivity contribution is -0.422. The minimum Gasteiger partial charge on any atom is -0.465 e. The van der Waals surface area contributed by atoms with E-state index in [0.29, 0.717) is 0 Å². The molecule has 12 nitrogen and oxygen atoms in total. The fourth-order valence-electron chi connectivity index (χ4n) is 6.49. The summed E-state index contributed by atoms with van der Waals surface area (Å²) >= 11 is 0. The largest absolute Gasteiger partial charge is 0.465 e. The Kier molecular flexibility index (Phi) is 17.0. The van der Waals surface area contributed by atoms with E-state index in [0.717, 1.165) is 33.4 Å². The van der Waals surface area contributed by atoms with Gasteiger partial charge in [-0.3, -0.25) is 9.80 Å². The number of amides is 2. The fourth-order valence-corrected chi connectivity index (χ4v) is 6.49. The molecule has 0 saturated carbocycles. The highest BCUT2D eigenvalue weighted by Gasteiger charge is 2.44. The van der Waals surface area contributed by atoms with Gasteiger partial charge in [0.15, 0.2) is 0 Å². The minimum absolute atomic E-state index is 0.0713. The van der Waals surface area contributed by atoms with Gasteiger partial charge in [-0.2, -0.15) is 0 Å². The number of rotatable bonds is 21. The molecule has 0 fully saturated rings. The van der Waals surface area contributed by atoms with Crippen LogP contribution in [0.4, 0.5) is 9.59 Å². The van der Waals surface area contributed by atoms with E-state index in [1.807, 2.05) is 132 Å². The van der Waals surface area contributed by atoms with E-state index in [4.69, 9.17) is 29.3 Å². The fraction of sp³-hybridized carbons (Fsp3) is 0.609. The van der Waals surface area contributed by atoms with Crippen molar-refractivity contribution in [2.75, 3.05) is 13.1 Å². The van der Waals surface area contributed by atoms with Crippen LogP contribution in [0.1, 0.15) is 146 Å². The van der Waals surface area contributed by atoms with Crippen LogP contribution in [0.5, 0.6) is 0 Å². The molecule has 2 N–H and O–H groups in total. The number of allylic oxidation sites excluding steroid dienone is 2. The molecule has 0 aliphatic heterocycles. The molecule has 0 radical (unpaired) electrons. The van der Waals surface area contributed by atoms with E-state index in [9.17, 15) is 19.8 Å². The first-order valence-corrected chi connectivity index (χ1v) is 19.9. The zero-order chi connectivity index (χ0) is 44.7. The average Bonchev–Trinajstić information content (AvgIpc) is 3.09. The first-order valence-electron chi connectivity index (χ1n) is 19.9. The van der Waals surface area contributed by atoms with E-state index < -0.39 is 57.9 Å². The molecule has 58 heavy (non-hydrogen) atoms. The lowest BCUT2D eigenvalue weighted by Gasteiger charge is -2.43. The Labute approximate surface area is 347 Å². The molecule has 326 valence electrons. The van der Waals surface area contributed by atoms with Gasteiger partial charge in [0.05, 0.1) is 47.6 Å². The quantitative estimate of drug-likeness (QED) is 0.0926. The highest BCUT2D eigenvalue weighted by atomic mass is 17.2. The first kappa shape index (κ1) is 50.4. The Morgan fingerprint density at radius 2 is 0.897 bits per heavy atom. The second-order valence-electron chi connectivity index (χ2n) is 19.3. The maximum Gasteiger partial charge on any atom is 0.408 e. The summed E-state index contributed by atoms with van der Waals surface area (Å²) in [5.74, 6) is 0. The number of hydrogen-bond acceptors (Lipinski definition) is 8. The van der Waals surface area contributed by atoms with Crippen LogP contribution in [0.25, 0.3) is 11.1 Å². The topological polar surface area (TPSA) is 136 Å². The van der Waals surface area contributed by atoms with Gasteiger partial charge in [0.2, 0.25) is 0 Å². The van der Waals surface area contributed by atoms with Crippen LogP contribution >= 0.6 is 0 Å². The summed E-state index contributed by atoms with van der Waals surface area (Å²) in [6, 6.07) is 15.4. The van der Waals surface area contributed by atoms with Crippen LogP contribution in [-0.4, -0.2) is 79.9 Å². The van der Waals surface area contributed by atoms with Gasteiger partial charge in [-0.15, -0.1) is 0 Å². The Hall–Kier alpha value is -3.78. The smallest absolute Gasteiger partial charge is 0.408 e. The SMILES string of the molecule is C=C(C)c1cccc(C(C)(C)N(CC(C)(CC(C)OOC(C)CC(C)(CN(C(=O)O)C(C)(C)c2cccc(C(=C)C)c2)OOC(C)(C)C)OOC(C)(C)C)C(=O)O)c1. The van der Waals surface area contributed by atoms with Gasteiger partial charge in [-0.1, -0.05) is 60.7 Å². The van der Waals surface area contributed by atoms with E-state index >= 15 is 0 Å². The van der Waals surface area contributed by atoms with Crippen molar-refractivity contribution in [2.24, 2.45) is 0 Å². The second kappa shape index (κ2) is 19.5. The molecule has 0 aliphatic carbocycles. The van der Waals surface area contributed by atoms with Crippen molar-refractivity contribution in [1.82, 2.24) is 9.80 Å². The van der Waals surface area contributed by atoms with Crippen LogP contribution in [0.15, 0.2) is 61.7 Å². The lowest BCUT2D eigenvalue weighted by atomic mass is 9.88. The van der Waals surface area contributed by atoms with Gasteiger partial charge in [0, 0.05) is 12.8 Å². The Morgan fingerprint density at radius 3 is 1.16 bits per heavy atom. The maximum atomic E-state index is 13.0. The zero-order valence-electron chi connectivity index (χ0n) is 38.1. The second-order valence-corrected chi connectivity index (χ2v) is 19.3. The van der Waals surface area contributed by atoms with Crippen LogP contribution < -0.4 is 0 Å². The Morgan fingerprint density at radius 1 is 0.586 bits per heavy atom. The zero-order valence-corrected chi connectivity index (χ0v) is 38.1. The number of hydrogen-bond donors (Lipinski definition) is 2. The molecule has 4 unspecified atom stereocenters. The molecule has 0 saturated heterocycles. The summed E-state index contributed by atoms with van der Waals surface area (Å²) in [6.45, 7) is 37.4. The molecular formula is C46H72N2O10. The maximum absolute atomic E-state index is 13.0. The van der Waals surface area contributed by atoms with Gasteiger partial charge in [0.25, 0.3) is 0 Å². The minimum atomic E-state index is -1.20. The molecule has 0 aliphatic rings. The number of nitrogens with zero attached hydrogens (tertiary/aromatic N) is 2. The predicted octanol–water partition coefficient (Wildman–Crippen LogP) is 11.4. The number of carboxylic acid groups (broad SMARTS) is 2. The Balaban J connectivity index is 2.37. The molecule has 2 aromatic rings. The third kappa shape index (κ3) is 15.1. The van der Waals surface area contributed by atoms with Crippen molar-refractivity contribution in [2.45, 2.75) is 169 Å². The van der Waals surface area contributed by atoms with Crippen LogP contribution in [0, 0.1) is 0 Å². The van der Waals surface area contributed by atoms with E-state index in [-0.39, 0.29) is 25.9 Å². The van der Waals surface area contributed by atoms with Crippen molar-refractivity contribution in [3.63, 3.8) is 0 Å². The molecule has 0 bridgehead atoms. The van der Waals surface area contributed by atoms with Crippen molar-refractivity contribution in [1.29, 1.82) is 0 Å². The average molecular weight is 813 g/mol. The van der Waals surface area contributed by atoms with E-state index in [1.165, 1.54) is 9.80 Å². The van der Waals surface area contributed by atoms with Crippen molar-refractivity contribution in [3.05, 3.63) is 83.9 Å². The van der Waals surface area contributed by atoms with E-state index in [1.54, 1.807) is 27.7 Å². The van der Waals surface area contributed by atoms with Crippen molar-refractivity contribution >= 4 is 23.3 Å². The number of benzene rings is 2. The molecule has 0 aromatic heterocycles. The van der Waals surface area contributed by atoms with Crippen LogP contribution in [0.2, 0.25) is 0 Å². The summed E-state index contributed by atoms with van der Waals surface area (Å²) in [7, 11) is 0. The third-order valence-corrected chi connectivity index (χ3v) is 9.73. The highest BCUT2D eigenvalue weighted by molar-refractivity contribution is 5.68. The standard InChI is InChI=1S/C46H72N2O10/c1-31(2)35-21-19-23-37(25-35)43(13,14)47(39(49)50)29-45(17,57-55-41(7,8)9)27-33(5)53-54-34(6)28-46(18,58-56-42(10,11)12)30-48(40(51)52)44(15,16)38-24-20-22-36(26-38)32(3)4/h19-26,33-34H,1,3,27-30H2,2,4-18H3,(H,49,50)(H,51,52). The molecule has 2 rings (SSSR count). The molecule has 12 heteroatoms. The van der Waals surface area contributed by atoms with Crippen LogP contribution in [0.3, 0.4) is 0 Å². The monoisotopic (exact) mass is 813 g/mol. The summed E-state index contributed by atoms with van der Waals surface area (Å²) in [4.78, 5) is 64.3. The predicted molar refractivity (Wildman–Crippen MR) is 229 cm³/mol. The summed E-state index contributed by atoms with van der Waals surface area (Å²) in [5.41, 5.74) is -0.570. The van der Waals surface area contributed by atoms with Gasteiger partial charge >= 0.3 is 12.2 Å². The van der Waals surface area contributed by atoms with Crippen LogP contribution in [-0.2, 0) is 40.4 Å². The Bertz CT molecular complexity index is 1600. The molecule has 0 spiro atoms. The molecule has 2 amide bonds. The van der Waals surface area contributed by atoms with Crippen molar-refractivity contribution < 1.29 is 49.1 Å². The van der Waals surface area contributed by atoms with Gasteiger partial charge in [0.1, 0.15) is 11.2 Å². The van der Waals surface area contributed by atoms with Gasteiger partial charge < -0.3 is 10.2 Å². The normalized spacial score (nSPS) is 15.8. The van der Waals surface area contributed by atoms with Gasteiger partial charge in [-0.05, 0) is 145 Å². The third-order valence-electron chi connectivity index (χ3n) is 9.73. The van der Waals surface area contributed by atoms with E-state index in [2.05, 4.69) is 13.2 Å². The summed E-state index contributed by atoms with van der Waals surface area (Å²) in [5, 5.41) is 21.2. The first-order chi connectivity index (χ1) is 26.3. The van der Waals surface area contributed by atoms with Crippen molar-refractivity contribution in [3.8, 4) is 0 Å². The lowest BCUT2D eigenvalue weighted by Crippen LogP contribution is -2.54. The molecule has 4 atom stereocenters. The summed E-state index contributed by atoms with van der Waals surface area (Å²) in [6.07, 6.45) is -3.15. The molecule has 2 aromatic carbocycles. The number of carbonyl (C=O) groups is 2. The summed E-state index contributed by atoms with van der Waals surface area (Å²) < 4.78 is 0. The highest BCUT2D eigenvalue weighted by Crippen LogP contribution is 2.36.